The smallest absolute Gasteiger partial charge is 0.163 e. The van der Waals surface area contributed by atoms with Crippen molar-refractivity contribution in [3.05, 3.63) is 48.8 Å². The molecular weight excluding hydrogens is 382 g/mol. The van der Waals surface area contributed by atoms with Crippen LogP contribution < -0.4 is 30.6 Å². The van der Waals surface area contributed by atoms with Crippen LogP contribution in [0.5, 0.6) is 17.2 Å². The summed E-state index contributed by atoms with van der Waals surface area (Å²) in [5.41, 5.74) is 8.36. The van der Waals surface area contributed by atoms with E-state index in [1.54, 1.807) is 0 Å². The van der Waals surface area contributed by atoms with Crippen LogP contribution in [0, 0.1) is 0 Å². The first-order valence-corrected chi connectivity index (χ1v) is 10.00. The summed E-state index contributed by atoms with van der Waals surface area (Å²) in [7, 11) is 0. The van der Waals surface area contributed by atoms with Crippen LogP contribution in [0.15, 0.2) is 48.8 Å². The Bertz CT molecular complexity index is 995. The molecule has 0 aliphatic carbocycles. The van der Waals surface area contributed by atoms with Gasteiger partial charge in [-0.2, -0.15) is 0 Å². The Morgan fingerprint density at radius 2 is 1.60 bits per heavy atom. The molecule has 3 aromatic rings. The zero-order chi connectivity index (χ0) is 20.8. The molecule has 8 nitrogen and oxygen atoms in total. The number of anilines is 5. The van der Waals surface area contributed by atoms with Crippen LogP contribution in [0.1, 0.15) is 19.8 Å². The van der Waals surface area contributed by atoms with Crippen molar-refractivity contribution in [3.63, 3.8) is 0 Å². The predicted molar refractivity (Wildman–Crippen MR) is 117 cm³/mol. The highest BCUT2D eigenvalue weighted by Crippen LogP contribution is 2.35. The van der Waals surface area contributed by atoms with Gasteiger partial charge < -0.3 is 30.6 Å². The third-order valence-corrected chi connectivity index (χ3v) is 4.57. The van der Waals surface area contributed by atoms with Crippen LogP contribution in [-0.4, -0.2) is 29.8 Å². The van der Waals surface area contributed by atoms with Crippen molar-refractivity contribution in [1.29, 1.82) is 0 Å². The molecule has 0 unspecified atom stereocenters. The number of hydrogen-bond donors (Lipinski definition) is 3. The Morgan fingerprint density at radius 3 is 2.33 bits per heavy atom. The second kappa shape index (κ2) is 9.21. The number of fused-ring (bicyclic) bond motifs is 1. The summed E-state index contributed by atoms with van der Waals surface area (Å²) in [4.78, 5) is 8.53. The third kappa shape index (κ3) is 4.65. The minimum Gasteiger partial charge on any atom is -0.494 e. The second-order valence-corrected chi connectivity index (χ2v) is 6.82. The van der Waals surface area contributed by atoms with E-state index in [0.29, 0.717) is 36.3 Å². The third-order valence-electron chi connectivity index (χ3n) is 4.57. The highest BCUT2D eigenvalue weighted by atomic mass is 16.6. The number of nitrogens with zero attached hydrogens (tertiary/aromatic N) is 2. The van der Waals surface area contributed by atoms with Gasteiger partial charge in [0.15, 0.2) is 23.1 Å². The first-order valence-electron chi connectivity index (χ1n) is 10.00. The first-order chi connectivity index (χ1) is 14.7. The SMILES string of the molecule is CCCCOc1ccc(Nc2ncnc(Nc3ccc4c(c3)OCCO4)c2N)cc1. The molecule has 0 atom stereocenters. The number of nitrogens with two attached hydrogens (primary N) is 1. The minimum absolute atomic E-state index is 0.413. The molecule has 0 radical (unpaired) electrons. The normalized spacial score (nSPS) is 12.3. The number of aromatic nitrogens is 2. The molecule has 2 aromatic carbocycles. The molecule has 30 heavy (non-hydrogen) atoms. The van der Waals surface area contributed by atoms with Gasteiger partial charge in [0.05, 0.1) is 6.61 Å². The molecule has 1 aromatic heterocycles. The van der Waals surface area contributed by atoms with Crippen molar-refractivity contribution in [2.24, 2.45) is 0 Å². The van der Waals surface area contributed by atoms with Gasteiger partial charge in [-0.1, -0.05) is 13.3 Å². The van der Waals surface area contributed by atoms with Crippen LogP contribution in [0.25, 0.3) is 0 Å². The number of unbranched alkanes of at least 4 members (excludes halogenated alkanes) is 1. The van der Waals surface area contributed by atoms with Crippen LogP contribution >= 0.6 is 0 Å². The zero-order valence-electron chi connectivity index (χ0n) is 16.9. The molecule has 1 aliphatic heterocycles. The van der Waals surface area contributed by atoms with Crippen molar-refractivity contribution in [2.45, 2.75) is 19.8 Å². The van der Waals surface area contributed by atoms with Crippen molar-refractivity contribution in [1.82, 2.24) is 9.97 Å². The van der Waals surface area contributed by atoms with Gasteiger partial charge in [-0.05, 0) is 42.8 Å². The standard InChI is InChI=1S/C22H25N5O3/c1-2-3-10-28-17-7-4-15(5-8-17)26-21-20(23)22(25-14-24-21)27-16-6-9-18-19(13-16)30-12-11-29-18/h4-9,13-14H,2-3,10-12,23H2,1H3,(H2,24,25,26,27). The lowest BCUT2D eigenvalue weighted by Crippen LogP contribution is -2.15. The fourth-order valence-electron chi connectivity index (χ4n) is 2.96. The molecule has 0 saturated heterocycles. The van der Waals surface area contributed by atoms with E-state index < -0.39 is 0 Å². The predicted octanol–water partition coefficient (Wildman–Crippen LogP) is 4.50. The van der Waals surface area contributed by atoms with Crippen molar-refractivity contribution in [2.75, 3.05) is 36.2 Å². The molecular formula is C22H25N5O3. The van der Waals surface area contributed by atoms with E-state index in [-0.39, 0.29) is 0 Å². The molecule has 8 heteroatoms. The lowest BCUT2D eigenvalue weighted by atomic mass is 10.2. The molecule has 4 rings (SSSR count). The van der Waals surface area contributed by atoms with Crippen molar-refractivity contribution in [3.8, 4) is 17.2 Å². The van der Waals surface area contributed by atoms with E-state index in [4.69, 9.17) is 19.9 Å². The van der Waals surface area contributed by atoms with Gasteiger partial charge in [-0.3, -0.25) is 0 Å². The molecule has 0 spiro atoms. The highest BCUT2D eigenvalue weighted by molar-refractivity contribution is 5.80. The molecule has 156 valence electrons. The second-order valence-electron chi connectivity index (χ2n) is 6.82. The van der Waals surface area contributed by atoms with Crippen LogP contribution in [-0.2, 0) is 0 Å². The van der Waals surface area contributed by atoms with E-state index in [2.05, 4.69) is 27.5 Å². The maximum Gasteiger partial charge on any atom is 0.163 e. The number of ether oxygens (including phenoxy) is 3. The van der Waals surface area contributed by atoms with E-state index in [1.807, 2.05) is 42.5 Å². The molecule has 2 heterocycles. The average Bonchev–Trinajstić information content (AvgIpc) is 2.78. The van der Waals surface area contributed by atoms with E-state index in [9.17, 15) is 0 Å². The molecule has 4 N–H and O–H groups in total. The summed E-state index contributed by atoms with van der Waals surface area (Å²) >= 11 is 0. The van der Waals surface area contributed by atoms with Crippen LogP contribution in [0.3, 0.4) is 0 Å². The van der Waals surface area contributed by atoms with Gasteiger partial charge in [0, 0.05) is 17.4 Å². The fourth-order valence-corrected chi connectivity index (χ4v) is 2.96. The molecule has 1 aliphatic rings. The number of rotatable bonds is 8. The fraction of sp³-hybridized carbons (Fsp3) is 0.273. The Balaban J connectivity index is 1.45. The molecule has 0 bridgehead atoms. The maximum absolute atomic E-state index is 6.30. The zero-order valence-corrected chi connectivity index (χ0v) is 16.9. The quantitative estimate of drug-likeness (QED) is 0.469. The summed E-state index contributed by atoms with van der Waals surface area (Å²) in [6, 6.07) is 13.3. The largest absolute Gasteiger partial charge is 0.494 e. The topological polar surface area (TPSA) is 104 Å². The number of benzene rings is 2. The molecule has 0 amide bonds. The Labute approximate surface area is 175 Å². The summed E-state index contributed by atoms with van der Waals surface area (Å²) in [5.74, 6) is 3.28. The van der Waals surface area contributed by atoms with Gasteiger partial charge in [-0.25, -0.2) is 9.97 Å². The minimum atomic E-state index is 0.413. The lowest BCUT2D eigenvalue weighted by Gasteiger charge is -2.19. The number of nitrogens with one attached hydrogen (secondary N) is 2. The molecule has 0 fully saturated rings. The summed E-state index contributed by atoms with van der Waals surface area (Å²) in [5, 5.41) is 6.44. The highest BCUT2D eigenvalue weighted by Gasteiger charge is 2.14. The van der Waals surface area contributed by atoms with Crippen LogP contribution in [0.4, 0.5) is 28.7 Å². The average molecular weight is 407 g/mol. The van der Waals surface area contributed by atoms with Crippen molar-refractivity contribution >= 4 is 28.7 Å². The van der Waals surface area contributed by atoms with E-state index in [1.165, 1.54) is 6.33 Å². The van der Waals surface area contributed by atoms with E-state index in [0.717, 1.165) is 42.3 Å². The monoisotopic (exact) mass is 407 g/mol. The van der Waals surface area contributed by atoms with Crippen LogP contribution in [0.2, 0.25) is 0 Å². The van der Waals surface area contributed by atoms with Crippen molar-refractivity contribution < 1.29 is 14.2 Å². The summed E-state index contributed by atoms with van der Waals surface area (Å²) in [6.45, 7) is 3.94. The van der Waals surface area contributed by atoms with Gasteiger partial charge in [-0.15, -0.1) is 0 Å². The van der Waals surface area contributed by atoms with E-state index >= 15 is 0 Å². The van der Waals surface area contributed by atoms with Gasteiger partial charge in [0.2, 0.25) is 0 Å². The number of nitrogen functional groups attached to an aromatic ring is 1. The van der Waals surface area contributed by atoms with Gasteiger partial charge >= 0.3 is 0 Å². The Kier molecular flexibility index (Phi) is 6.03. The number of hydrogen-bond acceptors (Lipinski definition) is 8. The molecule has 0 saturated carbocycles. The summed E-state index contributed by atoms with van der Waals surface area (Å²) in [6.07, 6.45) is 3.60. The van der Waals surface area contributed by atoms with Gasteiger partial charge in [0.1, 0.15) is 31.0 Å². The lowest BCUT2D eigenvalue weighted by molar-refractivity contribution is 0.171. The first kappa shape index (κ1) is 19.6. The Morgan fingerprint density at radius 1 is 0.933 bits per heavy atom. The Hall–Kier alpha value is -3.68. The maximum atomic E-state index is 6.30. The summed E-state index contributed by atoms with van der Waals surface area (Å²) < 4.78 is 16.9. The van der Waals surface area contributed by atoms with Gasteiger partial charge in [0.25, 0.3) is 0 Å².